The fourth-order valence-corrected chi connectivity index (χ4v) is 11.7. The van der Waals surface area contributed by atoms with Crippen LogP contribution in [0.1, 0.15) is 0 Å². The van der Waals surface area contributed by atoms with E-state index in [9.17, 15) is 0 Å². The summed E-state index contributed by atoms with van der Waals surface area (Å²) in [5.74, 6) is 1.96. The molecule has 67 heavy (non-hydrogen) atoms. The number of imidazole rings is 1. The summed E-state index contributed by atoms with van der Waals surface area (Å²) in [7, 11) is 0. The standard InChI is InChI=1S/C59H35N5OS.Pt/c1-3-15-39(16-4-1)46-23-12-24-47(40-17-5-2-6-18-40)58(46)63-38-62(52-27-9-10-28-53(52)63)42-19-11-20-43(35-42)65-44-31-32-49-48-21-7-8-26-51(48)64(54(49)36-44)56-33-30-41(37-61-56)45-22-13-29-55-57(45)50-25-14-34-60-59(50)66-55;/h1-34,37H;/q-2;. The van der Waals surface area contributed by atoms with Crippen molar-refractivity contribution in [3.05, 3.63) is 229 Å². The van der Waals surface area contributed by atoms with Crippen molar-refractivity contribution in [1.29, 1.82) is 0 Å². The number of para-hydroxylation sites is 4. The van der Waals surface area contributed by atoms with Gasteiger partial charge < -0.3 is 0 Å². The van der Waals surface area contributed by atoms with Crippen LogP contribution in [-0.4, -0.2) is 23.7 Å². The molecule has 320 valence electrons. The summed E-state index contributed by atoms with van der Waals surface area (Å²) < 4.78 is 15.7. The van der Waals surface area contributed by atoms with Crippen molar-refractivity contribution in [2.24, 2.45) is 0 Å². The Labute approximate surface area is 400 Å². The second-order valence-corrected chi connectivity index (χ2v) is 18.4. The van der Waals surface area contributed by atoms with Gasteiger partial charge in [-0.3, -0.25) is 0 Å². The summed E-state index contributed by atoms with van der Waals surface area (Å²) >= 11 is 4.19. The van der Waals surface area contributed by atoms with Crippen molar-refractivity contribution in [2.45, 2.75) is 0 Å². The van der Waals surface area contributed by atoms with Crippen LogP contribution < -0.4 is 4.74 Å². The van der Waals surface area contributed by atoms with Crippen molar-refractivity contribution in [2.75, 3.05) is 0 Å². The summed E-state index contributed by atoms with van der Waals surface area (Å²) in [6, 6.07) is 77.2. The number of ether oxygens (including phenoxy) is 1. The quantitative estimate of drug-likeness (QED) is 0.143. The molecular weight excluding hydrogens is 1020 g/mol. The molecule has 0 aliphatic heterocycles. The van der Waals surface area contributed by atoms with Crippen molar-refractivity contribution in [3.8, 4) is 62.1 Å². The number of nitrogens with zero attached hydrogens (tertiary/aromatic N) is 5. The molecule has 0 saturated carbocycles. The molecule has 13 aromatic rings. The molecule has 0 saturated heterocycles. The van der Waals surface area contributed by atoms with Gasteiger partial charge in [0.1, 0.15) is 4.83 Å². The van der Waals surface area contributed by atoms with Crippen LogP contribution in [0.3, 0.4) is 0 Å². The minimum absolute atomic E-state index is 0.581. The van der Waals surface area contributed by atoms with E-state index in [4.69, 9.17) is 9.72 Å². The van der Waals surface area contributed by atoms with E-state index in [0.29, 0.717) is 11.5 Å². The molecule has 0 fully saturated rings. The molecule has 8 heteroatoms. The van der Waals surface area contributed by atoms with Gasteiger partial charge in [-0.15, -0.1) is 11.3 Å². The monoisotopic (exact) mass is 1060 g/mol. The number of aromatic nitrogens is 5. The zero-order valence-electron chi connectivity index (χ0n) is 35.6. The minimum atomic E-state index is 0.581. The third-order valence-corrected chi connectivity index (χ3v) is 14.6. The topological polar surface area (TPSA) is 49.8 Å². The van der Waals surface area contributed by atoms with Crippen LogP contribution in [0, 0.1) is 15.9 Å². The Bertz CT molecular complexity index is 4040. The van der Waals surface area contributed by atoms with Crippen LogP contribution in [0.2, 0.25) is 0 Å². The molecule has 6 nitrogen and oxygen atoms in total. The Morgan fingerprint density at radius 3 is 1.88 bits per heavy atom. The van der Waals surface area contributed by atoms with Gasteiger partial charge in [-0.05, 0) is 29.8 Å². The van der Waals surface area contributed by atoms with E-state index < -0.39 is 0 Å². The van der Waals surface area contributed by atoms with E-state index in [1.807, 2.05) is 36.7 Å². The number of hydrogen-bond donors (Lipinski definition) is 0. The molecule has 13 rings (SSSR count). The predicted molar refractivity (Wildman–Crippen MR) is 269 cm³/mol. The predicted octanol–water partition coefficient (Wildman–Crippen LogP) is 15.1. The molecule has 0 aliphatic rings. The Morgan fingerprint density at radius 1 is 0.463 bits per heavy atom. The van der Waals surface area contributed by atoms with Crippen LogP contribution in [0.5, 0.6) is 11.5 Å². The molecule has 0 radical (unpaired) electrons. The summed E-state index contributed by atoms with van der Waals surface area (Å²) in [4.78, 5) is 10.8. The van der Waals surface area contributed by atoms with Gasteiger partial charge in [0.25, 0.3) is 0 Å². The fourth-order valence-electron chi connectivity index (χ4n) is 9.53. The summed E-state index contributed by atoms with van der Waals surface area (Å²) in [6.07, 6.45) is 3.83. The normalized spacial score (nSPS) is 11.7. The van der Waals surface area contributed by atoms with E-state index >= 15 is 0 Å². The van der Waals surface area contributed by atoms with Crippen LogP contribution in [0.4, 0.5) is 0 Å². The van der Waals surface area contributed by atoms with Crippen LogP contribution >= 0.6 is 11.3 Å². The number of hydrogen-bond acceptors (Lipinski definition) is 4. The van der Waals surface area contributed by atoms with E-state index in [-0.39, 0.29) is 0 Å². The second kappa shape index (κ2) is 16.2. The van der Waals surface area contributed by atoms with E-state index in [1.54, 1.807) is 11.3 Å². The average molecular weight is 1060 g/mol. The summed E-state index contributed by atoms with van der Waals surface area (Å²) in [5, 5.41) is 4.56. The molecule has 8 aromatic carbocycles. The van der Waals surface area contributed by atoms with Crippen molar-refractivity contribution in [3.63, 3.8) is 0 Å². The van der Waals surface area contributed by atoms with Crippen LogP contribution in [-0.2, 0) is 19.4 Å². The average Bonchev–Trinajstić information content (AvgIpc) is 4.03. The first-order valence-electron chi connectivity index (χ1n) is 22.0. The molecule has 5 heterocycles. The third kappa shape index (κ3) is 6.61. The Morgan fingerprint density at radius 2 is 1.12 bits per heavy atom. The maximum atomic E-state index is 6.71. The van der Waals surface area contributed by atoms with E-state index in [1.165, 1.54) is 10.1 Å². The molecule has 0 spiro atoms. The van der Waals surface area contributed by atoms with Crippen molar-refractivity contribution >= 4 is 64.5 Å². The summed E-state index contributed by atoms with van der Waals surface area (Å²) in [5.41, 5.74) is 12.8. The number of pyridine rings is 2. The van der Waals surface area contributed by atoms with Gasteiger partial charge >= 0.3 is 294 Å². The second-order valence-electron chi connectivity index (χ2n) is 16.3. The van der Waals surface area contributed by atoms with Crippen molar-refractivity contribution in [1.82, 2.24) is 23.7 Å². The number of fused-ring (bicyclic) bond motifs is 7. The first-order valence-corrected chi connectivity index (χ1v) is 23.9. The van der Waals surface area contributed by atoms with Gasteiger partial charge in [-0.2, -0.15) is 0 Å². The number of thiophene rings is 1. The molecule has 0 aliphatic carbocycles. The molecule has 0 bridgehead atoms. The van der Waals surface area contributed by atoms with Crippen LogP contribution in [0.25, 0.3) is 104 Å². The maximum absolute atomic E-state index is 6.71. The first-order chi connectivity index (χ1) is 33.2. The van der Waals surface area contributed by atoms with Crippen LogP contribution in [0.15, 0.2) is 213 Å². The zero-order valence-corrected chi connectivity index (χ0v) is 38.7. The number of rotatable bonds is 8. The molecule has 0 atom stereocenters. The first kappa shape index (κ1) is 39.4. The molecular formula is C59H35N5OPtS-2. The van der Waals surface area contributed by atoms with Gasteiger partial charge in [-0.25, -0.2) is 4.98 Å². The SMILES string of the molecule is [Pt]=[c]1n(-c2[c-]c(Oc3[c-]c4c(cc3)c3ccccc3n4-c3ccc(-c4cccc5sc6ncccc6c45)cn3)ccc2)c2ccccc2n1-c1c(-c2ccccc2)cccc1-c1ccccc1. The Kier molecular flexibility index (Phi) is 9.51. The molecule has 0 amide bonds. The van der Waals surface area contributed by atoms with Crippen molar-refractivity contribution < 1.29 is 24.1 Å². The van der Waals surface area contributed by atoms with Gasteiger partial charge in [0.05, 0.1) is 0 Å². The Hall–Kier alpha value is -7.96. The molecule has 5 aromatic heterocycles. The van der Waals surface area contributed by atoms with E-state index in [2.05, 4.69) is 226 Å². The van der Waals surface area contributed by atoms with Gasteiger partial charge in [0.2, 0.25) is 0 Å². The van der Waals surface area contributed by atoms with Gasteiger partial charge in [-0.1, -0.05) is 24.3 Å². The van der Waals surface area contributed by atoms with Gasteiger partial charge in [0, 0.05) is 33.4 Å². The molecule has 0 N–H and O–H groups in total. The zero-order chi connectivity index (χ0) is 44.4. The third-order valence-electron chi connectivity index (χ3n) is 12.5. The van der Waals surface area contributed by atoms with Gasteiger partial charge in [0.15, 0.2) is 0 Å². The number of benzene rings is 8. The summed E-state index contributed by atoms with van der Waals surface area (Å²) in [6.45, 7) is 0. The molecule has 0 unspecified atom stereocenters. The van der Waals surface area contributed by atoms with E-state index in [0.717, 1.165) is 97.4 Å². The Balaban J connectivity index is 0.901. The fraction of sp³-hybridized carbons (Fsp3) is 0.